The third-order valence-corrected chi connectivity index (χ3v) is 1.57. The molecule has 0 fully saturated rings. The van der Waals surface area contributed by atoms with Crippen molar-refractivity contribution in [3.63, 3.8) is 0 Å². The lowest BCUT2D eigenvalue weighted by Crippen LogP contribution is -2.00. The first-order valence-corrected chi connectivity index (χ1v) is 3.26. The van der Waals surface area contributed by atoms with Crippen LogP contribution in [0.1, 0.15) is 34.1 Å². The van der Waals surface area contributed by atoms with Crippen LogP contribution in [-0.2, 0) is 0 Å². The van der Waals surface area contributed by atoms with E-state index >= 15 is 0 Å². The van der Waals surface area contributed by atoms with Crippen LogP contribution in [0, 0.1) is 18.3 Å². The molecule has 0 saturated heterocycles. The summed E-state index contributed by atoms with van der Waals surface area (Å²) in [6.07, 6.45) is 3.44. The fourth-order valence-electron chi connectivity index (χ4n) is 0.589. The largest absolute Gasteiger partial charge is 0.0622 e. The lowest BCUT2D eigenvalue weighted by atomic mass is 9.94. The van der Waals surface area contributed by atoms with E-state index in [2.05, 4.69) is 34.1 Å². The van der Waals surface area contributed by atoms with Crippen LogP contribution in [0.25, 0.3) is 0 Å². The minimum Gasteiger partial charge on any atom is -0.0622 e. The third-order valence-electron chi connectivity index (χ3n) is 1.57. The van der Waals surface area contributed by atoms with Gasteiger partial charge in [0.15, 0.2) is 0 Å². The Hall–Kier alpha value is 0. The second-order valence-corrected chi connectivity index (χ2v) is 2.62. The van der Waals surface area contributed by atoms with E-state index in [0.29, 0.717) is 0 Å². The van der Waals surface area contributed by atoms with Gasteiger partial charge >= 0.3 is 0 Å². The Labute approximate surface area is 53.3 Å². The van der Waals surface area contributed by atoms with Crippen molar-refractivity contribution in [3.05, 3.63) is 12.3 Å². The first kappa shape index (κ1) is 8.00. The molecular weight excluding hydrogens is 96.1 g/mol. The first-order chi connectivity index (χ1) is 3.68. The summed E-state index contributed by atoms with van der Waals surface area (Å²) in [7, 11) is 0. The molecule has 0 amide bonds. The summed E-state index contributed by atoms with van der Waals surface area (Å²) in [5.41, 5.74) is 0. The van der Waals surface area contributed by atoms with Crippen LogP contribution in [0.4, 0.5) is 0 Å². The molecule has 0 aromatic rings. The molecule has 0 nitrogen and oxygen atoms in total. The summed E-state index contributed by atoms with van der Waals surface area (Å²) in [5, 5.41) is 0. The van der Waals surface area contributed by atoms with Crippen LogP contribution in [0.5, 0.6) is 0 Å². The van der Waals surface area contributed by atoms with E-state index in [-0.39, 0.29) is 0 Å². The Kier molecular flexibility index (Phi) is 3.94. The van der Waals surface area contributed by atoms with Crippen LogP contribution in [0.2, 0.25) is 0 Å². The zero-order valence-corrected chi connectivity index (χ0v) is 6.36. The van der Waals surface area contributed by atoms with Gasteiger partial charge in [0.2, 0.25) is 0 Å². The van der Waals surface area contributed by atoms with Crippen LogP contribution >= 0.6 is 0 Å². The summed E-state index contributed by atoms with van der Waals surface area (Å²) in [5.74, 6) is 2.31. The molecule has 1 atom stereocenters. The van der Waals surface area contributed by atoms with E-state index in [1.165, 1.54) is 12.3 Å². The smallest absolute Gasteiger partial charge is 0.0275 e. The molecule has 8 heavy (non-hydrogen) atoms. The Bertz CT molecular complexity index is 46.0. The highest BCUT2D eigenvalue weighted by molar-refractivity contribution is 4.85. The zero-order chi connectivity index (χ0) is 6.57. The van der Waals surface area contributed by atoms with Crippen LogP contribution in [0.3, 0.4) is 0 Å². The van der Waals surface area contributed by atoms with Gasteiger partial charge in [0.25, 0.3) is 0 Å². The second-order valence-electron chi connectivity index (χ2n) is 2.62. The molecule has 0 bridgehead atoms. The zero-order valence-electron chi connectivity index (χ0n) is 6.36. The molecule has 0 aromatic carbocycles. The molecule has 0 spiro atoms. The van der Waals surface area contributed by atoms with Crippen molar-refractivity contribution >= 4 is 0 Å². The van der Waals surface area contributed by atoms with Gasteiger partial charge in [-0.05, 0) is 24.7 Å². The van der Waals surface area contributed by atoms with Crippen molar-refractivity contribution < 1.29 is 0 Å². The lowest BCUT2D eigenvalue weighted by Gasteiger charge is -2.11. The Morgan fingerprint density at radius 2 is 2.00 bits per heavy atom. The van der Waals surface area contributed by atoms with E-state index < -0.39 is 0 Å². The predicted molar refractivity (Wildman–Crippen MR) is 38.3 cm³/mol. The quantitative estimate of drug-likeness (QED) is 0.526. The Morgan fingerprint density at radius 3 is 2.12 bits per heavy atom. The van der Waals surface area contributed by atoms with E-state index in [1.807, 2.05) is 0 Å². The molecule has 0 heteroatoms. The molecule has 0 aliphatic rings. The summed E-state index contributed by atoms with van der Waals surface area (Å²) in [6.45, 7) is 8.75. The number of hydrogen-bond acceptors (Lipinski definition) is 0. The van der Waals surface area contributed by atoms with Gasteiger partial charge in [-0.3, -0.25) is 0 Å². The Balaban J connectivity index is 3.17. The minimum atomic E-state index is 0.778. The van der Waals surface area contributed by atoms with Crippen LogP contribution in [-0.4, -0.2) is 0 Å². The van der Waals surface area contributed by atoms with Gasteiger partial charge in [-0.2, -0.15) is 0 Å². The molecule has 1 unspecified atom stereocenters. The molecule has 0 aromatic heterocycles. The van der Waals surface area contributed by atoms with Gasteiger partial charge in [0, 0.05) is 0 Å². The van der Waals surface area contributed by atoms with Gasteiger partial charge in [-0.15, -0.1) is 0 Å². The van der Waals surface area contributed by atoms with Gasteiger partial charge in [-0.25, -0.2) is 0 Å². The number of hydrogen-bond donors (Lipinski definition) is 0. The van der Waals surface area contributed by atoms with Crippen molar-refractivity contribution in [3.8, 4) is 0 Å². The van der Waals surface area contributed by atoms with Gasteiger partial charge < -0.3 is 0 Å². The van der Waals surface area contributed by atoms with Gasteiger partial charge in [-0.1, -0.05) is 27.7 Å². The average molecular weight is 112 g/mol. The van der Waals surface area contributed by atoms with Crippen LogP contribution < -0.4 is 0 Å². The summed E-state index contributed by atoms with van der Waals surface area (Å²) < 4.78 is 0. The molecule has 0 heterocycles. The first-order valence-electron chi connectivity index (χ1n) is 3.26. The molecule has 0 N–H and O–H groups in total. The highest BCUT2D eigenvalue weighted by Gasteiger charge is 2.04. The predicted octanol–water partition coefficient (Wildman–Crippen LogP) is 2.85. The summed E-state index contributed by atoms with van der Waals surface area (Å²) in [4.78, 5) is 0. The SMILES string of the molecule is C[CH]CC(C)[C](C)C. The minimum absolute atomic E-state index is 0.778. The standard InChI is InChI=1S/C8H16/c1-5-6-8(4)7(2)3/h5,8H,6H2,1-4H3. The maximum Gasteiger partial charge on any atom is -0.0275 e. The molecule has 48 valence electrons. The van der Waals surface area contributed by atoms with E-state index in [1.54, 1.807) is 0 Å². The third kappa shape index (κ3) is 3.06. The van der Waals surface area contributed by atoms with Gasteiger partial charge in [0.05, 0.1) is 0 Å². The molecule has 0 aliphatic carbocycles. The molecular formula is C8H16. The fourth-order valence-corrected chi connectivity index (χ4v) is 0.589. The van der Waals surface area contributed by atoms with Crippen molar-refractivity contribution in [1.82, 2.24) is 0 Å². The van der Waals surface area contributed by atoms with E-state index in [4.69, 9.17) is 0 Å². The maximum absolute atomic E-state index is 2.26. The monoisotopic (exact) mass is 112 g/mol. The van der Waals surface area contributed by atoms with Gasteiger partial charge in [0.1, 0.15) is 0 Å². The fraction of sp³-hybridized carbons (Fsp3) is 0.750. The molecule has 0 rings (SSSR count). The van der Waals surface area contributed by atoms with Crippen molar-refractivity contribution in [2.45, 2.75) is 34.1 Å². The van der Waals surface area contributed by atoms with Crippen molar-refractivity contribution in [2.75, 3.05) is 0 Å². The summed E-state index contributed by atoms with van der Waals surface area (Å²) >= 11 is 0. The molecule has 0 aliphatic heterocycles. The summed E-state index contributed by atoms with van der Waals surface area (Å²) in [6, 6.07) is 0. The van der Waals surface area contributed by atoms with Crippen LogP contribution in [0.15, 0.2) is 0 Å². The highest BCUT2D eigenvalue weighted by atomic mass is 14.1. The van der Waals surface area contributed by atoms with E-state index in [9.17, 15) is 0 Å². The lowest BCUT2D eigenvalue weighted by molar-refractivity contribution is 0.593. The normalized spacial score (nSPS) is 14.6. The topological polar surface area (TPSA) is 0 Å². The Morgan fingerprint density at radius 1 is 1.50 bits per heavy atom. The maximum atomic E-state index is 2.26. The second kappa shape index (κ2) is 3.94. The van der Waals surface area contributed by atoms with E-state index in [0.717, 1.165) is 5.92 Å². The molecule has 0 saturated carbocycles. The highest BCUT2D eigenvalue weighted by Crippen LogP contribution is 2.16. The average Bonchev–Trinajstić information content (AvgIpc) is 1.67. The van der Waals surface area contributed by atoms with Crippen molar-refractivity contribution in [1.29, 1.82) is 0 Å². The molecule has 2 radical (unpaired) electrons. The number of rotatable bonds is 3. The van der Waals surface area contributed by atoms with Crippen molar-refractivity contribution in [2.24, 2.45) is 5.92 Å².